The second kappa shape index (κ2) is 5.48. The van der Waals surface area contributed by atoms with E-state index >= 15 is 0 Å². The lowest BCUT2D eigenvalue weighted by atomic mass is 9.81. The summed E-state index contributed by atoms with van der Waals surface area (Å²) in [4.78, 5) is 5.16. The van der Waals surface area contributed by atoms with Crippen molar-refractivity contribution in [2.24, 2.45) is 17.8 Å². The van der Waals surface area contributed by atoms with Gasteiger partial charge in [0.1, 0.15) is 0 Å². The minimum atomic E-state index is 0.311. The first-order chi connectivity index (χ1) is 8.76. The molecule has 1 aliphatic heterocycles. The third-order valence-electron chi connectivity index (χ3n) is 5.49. The minimum Gasteiger partial charge on any atom is -0.395 e. The summed E-state index contributed by atoms with van der Waals surface area (Å²) in [6, 6.07) is 0.885. The number of β-amino-alcohol motifs (C(OH)–C–C–N with tert-alkyl or cyclic N) is 1. The number of nitrogens with zero attached hydrogens (tertiary/aromatic N) is 2. The van der Waals surface area contributed by atoms with Gasteiger partial charge < -0.3 is 5.11 Å². The quantitative estimate of drug-likeness (QED) is 0.823. The summed E-state index contributed by atoms with van der Waals surface area (Å²) in [7, 11) is 0. The van der Waals surface area contributed by atoms with Crippen molar-refractivity contribution in [2.75, 3.05) is 39.3 Å². The van der Waals surface area contributed by atoms with E-state index in [9.17, 15) is 0 Å². The van der Waals surface area contributed by atoms with Crippen LogP contribution in [0.5, 0.6) is 0 Å². The summed E-state index contributed by atoms with van der Waals surface area (Å²) in [5, 5.41) is 8.99. The SMILES string of the molecule is CC1CC2CC(C1)C(N1CCN(CCO)CC1)C2. The lowest BCUT2D eigenvalue weighted by molar-refractivity contribution is 0.0671. The summed E-state index contributed by atoms with van der Waals surface area (Å²) in [6.45, 7) is 8.38. The van der Waals surface area contributed by atoms with E-state index in [0.29, 0.717) is 6.61 Å². The zero-order valence-electron chi connectivity index (χ0n) is 11.7. The van der Waals surface area contributed by atoms with Gasteiger partial charge in [-0.3, -0.25) is 9.80 Å². The molecule has 0 radical (unpaired) electrons. The van der Waals surface area contributed by atoms with Gasteiger partial charge in [-0.1, -0.05) is 6.92 Å². The molecule has 0 aromatic heterocycles. The first kappa shape index (κ1) is 12.9. The number of rotatable bonds is 3. The zero-order valence-corrected chi connectivity index (χ0v) is 11.7. The maximum absolute atomic E-state index is 8.99. The van der Waals surface area contributed by atoms with Crippen LogP contribution in [0.4, 0.5) is 0 Å². The maximum Gasteiger partial charge on any atom is 0.0558 e. The van der Waals surface area contributed by atoms with E-state index < -0.39 is 0 Å². The van der Waals surface area contributed by atoms with E-state index in [0.717, 1.165) is 43.4 Å². The fraction of sp³-hybridized carbons (Fsp3) is 1.00. The molecule has 2 bridgehead atoms. The summed E-state index contributed by atoms with van der Waals surface area (Å²) in [5.41, 5.74) is 0. The Kier molecular flexibility index (Phi) is 3.92. The van der Waals surface area contributed by atoms with E-state index in [4.69, 9.17) is 5.11 Å². The van der Waals surface area contributed by atoms with Crippen molar-refractivity contribution in [1.29, 1.82) is 0 Å². The van der Waals surface area contributed by atoms with E-state index in [2.05, 4.69) is 16.7 Å². The molecule has 0 amide bonds. The first-order valence-electron chi connectivity index (χ1n) is 7.83. The standard InChI is InChI=1S/C15H28N2O/c1-12-8-13-10-14(9-12)15(11-13)17-4-2-16(3-5-17)6-7-18/h12-15,18H,2-11H2,1H3. The fourth-order valence-corrected chi connectivity index (χ4v) is 4.75. The van der Waals surface area contributed by atoms with E-state index in [1.807, 2.05) is 0 Å². The highest BCUT2D eigenvalue weighted by Crippen LogP contribution is 2.46. The van der Waals surface area contributed by atoms with Crippen LogP contribution < -0.4 is 0 Å². The molecule has 4 atom stereocenters. The Balaban J connectivity index is 1.54. The molecule has 1 N–H and O–H groups in total. The Bertz CT molecular complexity index is 276. The molecule has 1 saturated heterocycles. The van der Waals surface area contributed by atoms with Gasteiger partial charge in [-0.15, -0.1) is 0 Å². The first-order valence-corrected chi connectivity index (χ1v) is 7.83. The molecule has 3 rings (SSSR count). The Hall–Kier alpha value is -0.120. The van der Waals surface area contributed by atoms with Gasteiger partial charge in [-0.25, -0.2) is 0 Å². The fourth-order valence-electron chi connectivity index (χ4n) is 4.75. The Morgan fingerprint density at radius 1 is 1.00 bits per heavy atom. The number of aliphatic hydroxyl groups is 1. The van der Waals surface area contributed by atoms with Gasteiger partial charge in [0, 0.05) is 38.8 Å². The van der Waals surface area contributed by atoms with E-state index in [-0.39, 0.29) is 0 Å². The van der Waals surface area contributed by atoms with Crippen LogP contribution in [-0.2, 0) is 0 Å². The Labute approximate surface area is 111 Å². The second-order valence-corrected chi connectivity index (χ2v) is 6.84. The smallest absolute Gasteiger partial charge is 0.0558 e. The molecule has 18 heavy (non-hydrogen) atoms. The zero-order chi connectivity index (χ0) is 12.5. The van der Waals surface area contributed by atoms with Crippen LogP contribution in [0.25, 0.3) is 0 Å². The van der Waals surface area contributed by atoms with Crippen molar-refractivity contribution < 1.29 is 5.11 Å². The number of hydrogen-bond acceptors (Lipinski definition) is 3. The van der Waals surface area contributed by atoms with Gasteiger partial charge in [0.15, 0.2) is 0 Å². The lowest BCUT2D eigenvalue weighted by Crippen LogP contribution is -2.51. The molecular weight excluding hydrogens is 224 g/mol. The Morgan fingerprint density at radius 3 is 2.50 bits per heavy atom. The molecular formula is C15H28N2O. The molecule has 3 fully saturated rings. The van der Waals surface area contributed by atoms with Gasteiger partial charge in [0.05, 0.1) is 6.61 Å². The minimum absolute atomic E-state index is 0.311. The maximum atomic E-state index is 8.99. The van der Waals surface area contributed by atoms with Crippen molar-refractivity contribution in [3.8, 4) is 0 Å². The summed E-state index contributed by atoms with van der Waals surface area (Å²) >= 11 is 0. The van der Waals surface area contributed by atoms with Gasteiger partial charge in [0.25, 0.3) is 0 Å². The van der Waals surface area contributed by atoms with Crippen LogP contribution in [0, 0.1) is 17.8 Å². The predicted octanol–water partition coefficient (Wildman–Crippen LogP) is 1.42. The van der Waals surface area contributed by atoms with Crippen LogP contribution in [0.15, 0.2) is 0 Å². The Morgan fingerprint density at radius 2 is 1.78 bits per heavy atom. The van der Waals surface area contributed by atoms with Gasteiger partial charge >= 0.3 is 0 Å². The topological polar surface area (TPSA) is 26.7 Å². The summed E-state index contributed by atoms with van der Waals surface area (Å²) in [6.07, 6.45) is 5.93. The largest absolute Gasteiger partial charge is 0.395 e. The van der Waals surface area contributed by atoms with Crippen molar-refractivity contribution in [2.45, 2.75) is 38.6 Å². The number of aliphatic hydroxyl groups excluding tert-OH is 1. The van der Waals surface area contributed by atoms with Crippen molar-refractivity contribution in [1.82, 2.24) is 9.80 Å². The average molecular weight is 252 g/mol. The van der Waals surface area contributed by atoms with Crippen LogP contribution in [0.2, 0.25) is 0 Å². The molecule has 104 valence electrons. The molecule has 3 nitrogen and oxygen atoms in total. The normalized spacial score (nSPS) is 42.3. The molecule has 2 saturated carbocycles. The molecule has 0 spiro atoms. The van der Waals surface area contributed by atoms with Crippen LogP contribution in [0.1, 0.15) is 32.6 Å². The average Bonchev–Trinajstić information content (AvgIpc) is 2.66. The monoisotopic (exact) mass is 252 g/mol. The van der Waals surface area contributed by atoms with Gasteiger partial charge in [-0.05, 0) is 43.4 Å². The molecule has 4 unspecified atom stereocenters. The van der Waals surface area contributed by atoms with Gasteiger partial charge in [0.2, 0.25) is 0 Å². The van der Waals surface area contributed by atoms with E-state index in [1.165, 1.54) is 38.8 Å². The molecule has 0 aromatic carbocycles. The third-order valence-corrected chi connectivity index (χ3v) is 5.49. The van der Waals surface area contributed by atoms with E-state index in [1.54, 1.807) is 0 Å². The molecule has 3 aliphatic rings. The molecule has 0 aromatic rings. The molecule has 3 heteroatoms. The predicted molar refractivity (Wildman–Crippen MR) is 73.5 cm³/mol. The molecule has 2 aliphatic carbocycles. The van der Waals surface area contributed by atoms with Crippen LogP contribution in [-0.4, -0.2) is 60.3 Å². The third kappa shape index (κ3) is 2.59. The highest BCUT2D eigenvalue weighted by Gasteiger charge is 2.42. The van der Waals surface area contributed by atoms with Crippen LogP contribution in [0.3, 0.4) is 0 Å². The second-order valence-electron chi connectivity index (χ2n) is 6.84. The van der Waals surface area contributed by atoms with Crippen molar-refractivity contribution >= 4 is 0 Å². The highest BCUT2D eigenvalue weighted by atomic mass is 16.3. The molecule has 1 heterocycles. The highest BCUT2D eigenvalue weighted by molar-refractivity contribution is 4.95. The number of hydrogen-bond donors (Lipinski definition) is 1. The summed E-state index contributed by atoms with van der Waals surface area (Å²) in [5.74, 6) is 2.98. The van der Waals surface area contributed by atoms with Crippen molar-refractivity contribution in [3.63, 3.8) is 0 Å². The van der Waals surface area contributed by atoms with Crippen molar-refractivity contribution in [3.05, 3.63) is 0 Å². The summed E-state index contributed by atoms with van der Waals surface area (Å²) < 4.78 is 0. The number of piperazine rings is 1. The lowest BCUT2D eigenvalue weighted by Gasteiger charge is -2.40. The number of fused-ring (bicyclic) bond motifs is 2. The van der Waals surface area contributed by atoms with Gasteiger partial charge in [-0.2, -0.15) is 0 Å². The van der Waals surface area contributed by atoms with Crippen LogP contribution >= 0.6 is 0 Å².